The smallest absolute Gasteiger partial charge is 0.335 e. The second kappa shape index (κ2) is 5.70. The van der Waals surface area contributed by atoms with E-state index in [0.29, 0.717) is 10.2 Å². The predicted octanol–water partition coefficient (Wildman–Crippen LogP) is 2.38. The Balaban J connectivity index is 2.28. The highest BCUT2D eigenvalue weighted by molar-refractivity contribution is 9.10. The molecule has 0 unspecified atom stereocenters. The maximum Gasteiger partial charge on any atom is 0.335 e. The van der Waals surface area contributed by atoms with E-state index in [2.05, 4.69) is 26.2 Å². The number of anilines is 2. The van der Waals surface area contributed by atoms with E-state index < -0.39 is 11.9 Å². The molecule has 0 radical (unpaired) electrons. The first-order valence-electron chi connectivity index (χ1n) is 5.53. The molecule has 20 heavy (non-hydrogen) atoms. The van der Waals surface area contributed by atoms with E-state index in [1.807, 2.05) is 0 Å². The standard InChI is InChI=1S/C13H10BrN3O3/c14-8-4-7(13(19)20)5-9(6-8)17-12(18)11-10(15)2-1-3-16-11/h1-6H,15H2,(H,17,18)(H,19,20). The predicted molar refractivity (Wildman–Crippen MR) is 77.7 cm³/mol. The molecule has 6 nitrogen and oxygen atoms in total. The van der Waals surface area contributed by atoms with Crippen LogP contribution in [0.15, 0.2) is 41.0 Å². The van der Waals surface area contributed by atoms with Crippen LogP contribution in [0, 0.1) is 0 Å². The van der Waals surface area contributed by atoms with Gasteiger partial charge in [-0.05, 0) is 30.3 Å². The molecule has 0 spiro atoms. The van der Waals surface area contributed by atoms with Gasteiger partial charge in [0.2, 0.25) is 0 Å². The molecule has 0 aliphatic heterocycles. The zero-order valence-electron chi connectivity index (χ0n) is 10.1. The molecular weight excluding hydrogens is 326 g/mol. The van der Waals surface area contributed by atoms with Gasteiger partial charge >= 0.3 is 5.97 Å². The number of nitrogens with zero attached hydrogens (tertiary/aromatic N) is 1. The van der Waals surface area contributed by atoms with Gasteiger partial charge in [-0.3, -0.25) is 4.79 Å². The fraction of sp³-hybridized carbons (Fsp3) is 0. The van der Waals surface area contributed by atoms with Crippen LogP contribution >= 0.6 is 15.9 Å². The minimum atomic E-state index is -1.08. The van der Waals surface area contributed by atoms with E-state index in [9.17, 15) is 9.59 Å². The lowest BCUT2D eigenvalue weighted by Crippen LogP contribution is -2.16. The Hall–Kier alpha value is -2.41. The van der Waals surface area contributed by atoms with Crippen LogP contribution in [-0.2, 0) is 0 Å². The van der Waals surface area contributed by atoms with Gasteiger partial charge in [-0.15, -0.1) is 0 Å². The van der Waals surface area contributed by atoms with Gasteiger partial charge in [0.15, 0.2) is 5.69 Å². The number of carboxylic acids is 1. The molecule has 4 N–H and O–H groups in total. The van der Waals surface area contributed by atoms with Gasteiger partial charge in [0, 0.05) is 16.4 Å². The van der Waals surface area contributed by atoms with Crippen molar-refractivity contribution in [3.63, 3.8) is 0 Å². The number of nitrogen functional groups attached to an aromatic ring is 1. The molecule has 0 aliphatic rings. The molecule has 2 rings (SSSR count). The highest BCUT2D eigenvalue weighted by Gasteiger charge is 2.13. The van der Waals surface area contributed by atoms with Crippen LogP contribution in [0.1, 0.15) is 20.8 Å². The molecule has 0 saturated heterocycles. The van der Waals surface area contributed by atoms with Crippen LogP contribution in [0.3, 0.4) is 0 Å². The molecule has 1 heterocycles. The number of rotatable bonds is 3. The van der Waals surface area contributed by atoms with Crippen LogP contribution in [0.2, 0.25) is 0 Å². The normalized spacial score (nSPS) is 10.1. The molecule has 0 aliphatic carbocycles. The number of benzene rings is 1. The van der Waals surface area contributed by atoms with Crippen molar-refractivity contribution >= 4 is 39.2 Å². The summed E-state index contributed by atoms with van der Waals surface area (Å²) in [6.45, 7) is 0. The number of nitrogens with two attached hydrogens (primary N) is 1. The van der Waals surface area contributed by atoms with Crippen molar-refractivity contribution < 1.29 is 14.7 Å². The van der Waals surface area contributed by atoms with Crippen molar-refractivity contribution in [1.82, 2.24) is 4.98 Å². The highest BCUT2D eigenvalue weighted by atomic mass is 79.9. The fourth-order valence-electron chi connectivity index (χ4n) is 1.58. The molecule has 2 aromatic rings. The largest absolute Gasteiger partial charge is 0.478 e. The summed E-state index contributed by atoms with van der Waals surface area (Å²) in [6.07, 6.45) is 1.45. The quantitative estimate of drug-likeness (QED) is 0.798. The summed E-state index contributed by atoms with van der Waals surface area (Å²) in [6, 6.07) is 7.56. The Morgan fingerprint density at radius 1 is 1.30 bits per heavy atom. The Kier molecular flexibility index (Phi) is 3.99. The molecule has 1 amide bonds. The van der Waals surface area contributed by atoms with Crippen molar-refractivity contribution in [3.05, 3.63) is 52.3 Å². The number of amides is 1. The second-order valence-corrected chi connectivity index (χ2v) is 4.84. The number of aromatic carboxylic acids is 1. The maximum atomic E-state index is 12.0. The minimum Gasteiger partial charge on any atom is -0.478 e. The second-order valence-electron chi connectivity index (χ2n) is 3.93. The number of carbonyl (C=O) groups excluding carboxylic acids is 1. The number of nitrogens with one attached hydrogen (secondary N) is 1. The van der Waals surface area contributed by atoms with E-state index in [1.54, 1.807) is 18.2 Å². The van der Waals surface area contributed by atoms with E-state index in [1.165, 1.54) is 18.3 Å². The number of pyridine rings is 1. The fourth-order valence-corrected chi connectivity index (χ4v) is 2.08. The molecule has 1 aromatic heterocycles. The monoisotopic (exact) mass is 335 g/mol. The number of carbonyl (C=O) groups is 2. The van der Waals surface area contributed by atoms with Crippen molar-refractivity contribution in [2.75, 3.05) is 11.1 Å². The molecule has 0 atom stereocenters. The average Bonchev–Trinajstić information content (AvgIpc) is 2.38. The van der Waals surface area contributed by atoms with Crippen LogP contribution in [-0.4, -0.2) is 22.0 Å². The summed E-state index contributed by atoms with van der Waals surface area (Å²) in [4.78, 5) is 26.8. The lowest BCUT2D eigenvalue weighted by Gasteiger charge is -2.08. The number of halogens is 1. The summed E-state index contributed by atoms with van der Waals surface area (Å²) in [7, 11) is 0. The van der Waals surface area contributed by atoms with Gasteiger partial charge < -0.3 is 16.2 Å². The van der Waals surface area contributed by atoms with Gasteiger partial charge in [0.25, 0.3) is 5.91 Å². The zero-order valence-corrected chi connectivity index (χ0v) is 11.7. The number of carboxylic acid groups (broad SMARTS) is 1. The van der Waals surface area contributed by atoms with E-state index in [0.717, 1.165) is 0 Å². The summed E-state index contributed by atoms with van der Waals surface area (Å²) in [5.74, 6) is -1.59. The molecule has 0 fully saturated rings. The van der Waals surface area contributed by atoms with Crippen molar-refractivity contribution in [3.8, 4) is 0 Å². The van der Waals surface area contributed by atoms with Gasteiger partial charge in [-0.1, -0.05) is 15.9 Å². The average molecular weight is 336 g/mol. The molecule has 0 bridgehead atoms. The third kappa shape index (κ3) is 3.12. The van der Waals surface area contributed by atoms with Crippen molar-refractivity contribution in [1.29, 1.82) is 0 Å². The Bertz CT molecular complexity index is 688. The first-order chi connectivity index (χ1) is 9.47. The van der Waals surface area contributed by atoms with Gasteiger partial charge in [0.05, 0.1) is 11.3 Å². The van der Waals surface area contributed by atoms with E-state index >= 15 is 0 Å². The number of aromatic nitrogens is 1. The maximum absolute atomic E-state index is 12.0. The number of hydrogen-bond donors (Lipinski definition) is 3. The van der Waals surface area contributed by atoms with Gasteiger partial charge in [-0.2, -0.15) is 0 Å². The van der Waals surface area contributed by atoms with Crippen LogP contribution < -0.4 is 11.1 Å². The lowest BCUT2D eigenvalue weighted by atomic mass is 10.2. The molecule has 7 heteroatoms. The summed E-state index contributed by atoms with van der Waals surface area (Å²) < 4.78 is 0.543. The van der Waals surface area contributed by atoms with Crippen molar-refractivity contribution in [2.24, 2.45) is 0 Å². The SMILES string of the molecule is Nc1cccnc1C(=O)Nc1cc(Br)cc(C(=O)O)c1. The first-order valence-corrected chi connectivity index (χ1v) is 6.32. The van der Waals surface area contributed by atoms with E-state index in [4.69, 9.17) is 10.8 Å². The molecule has 1 aromatic carbocycles. The van der Waals surface area contributed by atoms with Gasteiger partial charge in [-0.25, -0.2) is 9.78 Å². The lowest BCUT2D eigenvalue weighted by molar-refractivity contribution is 0.0696. The summed E-state index contributed by atoms with van der Waals surface area (Å²) in [5.41, 5.74) is 6.39. The summed E-state index contributed by atoms with van der Waals surface area (Å²) in [5, 5.41) is 11.5. The first kappa shape index (κ1) is 14.0. The van der Waals surface area contributed by atoms with Crippen LogP contribution in [0.25, 0.3) is 0 Å². The number of hydrogen-bond acceptors (Lipinski definition) is 4. The third-order valence-electron chi connectivity index (χ3n) is 2.46. The van der Waals surface area contributed by atoms with Crippen molar-refractivity contribution in [2.45, 2.75) is 0 Å². The molecule has 102 valence electrons. The van der Waals surface area contributed by atoms with Crippen LogP contribution in [0.5, 0.6) is 0 Å². The van der Waals surface area contributed by atoms with Crippen LogP contribution in [0.4, 0.5) is 11.4 Å². The Morgan fingerprint density at radius 3 is 2.70 bits per heavy atom. The topological polar surface area (TPSA) is 105 Å². The Labute approximate surface area is 122 Å². The highest BCUT2D eigenvalue weighted by Crippen LogP contribution is 2.20. The third-order valence-corrected chi connectivity index (χ3v) is 2.91. The minimum absolute atomic E-state index is 0.0590. The van der Waals surface area contributed by atoms with Gasteiger partial charge in [0.1, 0.15) is 0 Å². The van der Waals surface area contributed by atoms with E-state index in [-0.39, 0.29) is 16.9 Å². The molecular formula is C13H10BrN3O3. The molecule has 0 saturated carbocycles. The Morgan fingerprint density at radius 2 is 2.05 bits per heavy atom. The summed E-state index contributed by atoms with van der Waals surface area (Å²) >= 11 is 3.19. The zero-order chi connectivity index (χ0) is 14.7.